The maximum Gasteiger partial charge on any atom is 0.248 e. The molecule has 0 aliphatic carbocycles. The Bertz CT molecular complexity index is 462. The monoisotopic (exact) mass is 215 g/mol. The van der Waals surface area contributed by atoms with E-state index in [1.54, 1.807) is 10.8 Å². The summed E-state index contributed by atoms with van der Waals surface area (Å²) >= 11 is 0. The molecular weight excluding hydrogens is 202 g/mol. The van der Waals surface area contributed by atoms with Gasteiger partial charge in [-0.1, -0.05) is 29.4 Å². The van der Waals surface area contributed by atoms with E-state index in [9.17, 15) is 0 Å². The molecule has 1 heterocycles. The van der Waals surface area contributed by atoms with Gasteiger partial charge in [0.05, 0.1) is 5.69 Å². The number of aromatic nitrogens is 4. The van der Waals surface area contributed by atoms with Crippen LogP contribution in [0.15, 0.2) is 43.0 Å². The first-order valence-corrected chi connectivity index (χ1v) is 5.04. The predicted molar refractivity (Wildman–Crippen MR) is 62.4 cm³/mol. The Kier molecular flexibility index (Phi) is 2.95. The fourth-order valence-electron chi connectivity index (χ4n) is 1.28. The predicted octanol–water partition coefficient (Wildman–Crippen LogP) is 1.65. The molecule has 5 nitrogen and oxygen atoms in total. The third-order valence-corrected chi connectivity index (χ3v) is 2.18. The van der Waals surface area contributed by atoms with Gasteiger partial charge in [-0.05, 0) is 29.5 Å². The summed E-state index contributed by atoms with van der Waals surface area (Å²) in [6, 6.07) is 9.84. The van der Waals surface area contributed by atoms with E-state index >= 15 is 0 Å². The first-order valence-electron chi connectivity index (χ1n) is 5.04. The third kappa shape index (κ3) is 2.08. The summed E-state index contributed by atoms with van der Waals surface area (Å²) in [6.45, 7) is 5.69. The standard InChI is InChI=1S/C11H13N5/c1-3-9(2)12-11-13-14-15-16(11)10-7-5-4-6-8-10/h3-9H,1H2,2H3,(H,12,13,15). The van der Waals surface area contributed by atoms with Gasteiger partial charge >= 0.3 is 0 Å². The molecule has 0 spiro atoms. The van der Waals surface area contributed by atoms with E-state index in [0.29, 0.717) is 5.95 Å². The van der Waals surface area contributed by atoms with Crippen LogP contribution in [0.4, 0.5) is 5.95 Å². The Balaban J connectivity index is 2.29. The summed E-state index contributed by atoms with van der Waals surface area (Å²) in [4.78, 5) is 0. The molecule has 0 bridgehead atoms. The lowest BCUT2D eigenvalue weighted by Crippen LogP contribution is -2.15. The highest BCUT2D eigenvalue weighted by atomic mass is 15.6. The number of benzene rings is 1. The molecular formula is C11H13N5. The number of anilines is 1. The van der Waals surface area contributed by atoms with Crippen LogP contribution in [0.3, 0.4) is 0 Å². The molecule has 82 valence electrons. The van der Waals surface area contributed by atoms with Crippen molar-refractivity contribution in [2.45, 2.75) is 13.0 Å². The van der Waals surface area contributed by atoms with Crippen molar-refractivity contribution in [3.05, 3.63) is 43.0 Å². The lowest BCUT2D eigenvalue weighted by atomic mass is 10.3. The van der Waals surface area contributed by atoms with Gasteiger partial charge in [0.25, 0.3) is 0 Å². The van der Waals surface area contributed by atoms with E-state index in [-0.39, 0.29) is 6.04 Å². The summed E-state index contributed by atoms with van der Waals surface area (Å²) in [5.41, 5.74) is 0.922. The number of nitrogens with zero attached hydrogens (tertiary/aromatic N) is 4. The molecule has 1 atom stereocenters. The molecule has 1 aromatic heterocycles. The molecule has 1 N–H and O–H groups in total. The normalized spacial score (nSPS) is 12.1. The topological polar surface area (TPSA) is 55.6 Å². The number of hydrogen-bond acceptors (Lipinski definition) is 4. The van der Waals surface area contributed by atoms with Crippen LogP contribution in [-0.4, -0.2) is 26.2 Å². The lowest BCUT2D eigenvalue weighted by molar-refractivity contribution is 0.787. The molecule has 0 saturated carbocycles. The Morgan fingerprint density at radius 1 is 1.38 bits per heavy atom. The van der Waals surface area contributed by atoms with E-state index in [4.69, 9.17) is 0 Å². The molecule has 0 fully saturated rings. The van der Waals surface area contributed by atoms with Gasteiger partial charge in [0, 0.05) is 6.04 Å². The molecule has 0 aliphatic heterocycles. The highest BCUT2D eigenvalue weighted by Crippen LogP contribution is 2.11. The Morgan fingerprint density at radius 3 is 2.81 bits per heavy atom. The van der Waals surface area contributed by atoms with Crippen molar-refractivity contribution in [2.24, 2.45) is 0 Å². The van der Waals surface area contributed by atoms with Crippen molar-refractivity contribution >= 4 is 5.95 Å². The largest absolute Gasteiger partial charge is 0.347 e. The minimum atomic E-state index is 0.119. The Morgan fingerprint density at radius 2 is 2.12 bits per heavy atom. The second kappa shape index (κ2) is 4.57. The van der Waals surface area contributed by atoms with Crippen LogP contribution in [0.1, 0.15) is 6.92 Å². The molecule has 1 aromatic carbocycles. The van der Waals surface area contributed by atoms with Gasteiger partial charge in [0.2, 0.25) is 5.95 Å². The molecule has 0 radical (unpaired) electrons. The molecule has 1 unspecified atom stereocenters. The van der Waals surface area contributed by atoms with Gasteiger partial charge < -0.3 is 5.32 Å². The molecule has 0 amide bonds. The van der Waals surface area contributed by atoms with Crippen molar-refractivity contribution in [1.82, 2.24) is 20.2 Å². The molecule has 2 aromatic rings. The molecule has 0 aliphatic rings. The van der Waals surface area contributed by atoms with Gasteiger partial charge in [0.1, 0.15) is 0 Å². The first kappa shape index (κ1) is 10.4. The SMILES string of the molecule is C=CC(C)Nc1nnnn1-c1ccccc1. The maximum absolute atomic E-state index is 3.93. The van der Waals surface area contributed by atoms with Gasteiger partial charge in [-0.2, -0.15) is 4.68 Å². The number of rotatable bonds is 4. The molecule has 2 rings (SSSR count). The van der Waals surface area contributed by atoms with Crippen LogP contribution in [0.25, 0.3) is 5.69 Å². The highest BCUT2D eigenvalue weighted by Gasteiger charge is 2.08. The summed E-state index contributed by atoms with van der Waals surface area (Å²) in [7, 11) is 0. The summed E-state index contributed by atoms with van der Waals surface area (Å²) in [5.74, 6) is 0.610. The van der Waals surface area contributed by atoms with Crippen molar-refractivity contribution < 1.29 is 0 Å². The van der Waals surface area contributed by atoms with Crippen molar-refractivity contribution in [3.63, 3.8) is 0 Å². The summed E-state index contributed by atoms with van der Waals surface area (Å²) < 4.78 is 1.65. The minimum absolute atomic E-state index is 0.119. The molecule has 16 heavy (non-hydrogen) atoms. The molecule has 0 saturated heterocycles. The molecule has 5 heteroatoms. The van der Waals surface area contributed by atoms with Crippen molar-refractivity contribution in [2.75, 3.05) is 5.32 Å². The smallest absolute Gasteiger partial charge is 0.248 e. The van der Waals surface area contributed by atoms with E-state index in [1.165, 1.54) is 0 Å². The van der Waals surface area contributed by atoms with E-state index in [2.05, 4.69) is 27.4 Å². The number of nitrogens with one attached hydrogen (secondary N) is 1. The second-order valence-electron chi connectivity index (χ2n) is 3.42. The van der Waals surface area contributed by atoms with Crippen LogP contribution in [0.2, 0.25) is 0 Å². The van der Waals surface area contributed by atoms with Crippen LogP contribution >= 0.6 is 0 Å². The van der Waals surface area contributed by atoms with Gasteiger partial charge in [-0.25, -0.2) is 0 Å². The average Bonchev–Trinajstić information content (AvgIpc) is 2.78. The average molecular weight is 215 g/mol. The minimum Gasteiger partial charge on any atom is -0.347 e. The Labute approximate surface area is 93.8 Å². The van der Waals surface area contributed by atoms with Crippen LogP contribution in [0.5, 0.6) is 0 Å². The lowest BCUT2D eigenvalue weighted by Gasteiger charge is -2.09. The van der Waals surface area contributed by atoms with Gasteiger partial charge in [-0.15, -0.1) is 6.58 Å². The fourth-order valence-corrected chi connectivity index (χ4v) is 1.28. The zero-order chi connectivity index (χ0) is 11.4. The van der Waals surface area contributed by atoms with Crippen LogP contribution in [-0.2, 0) is 0 Å². The number of hydrogen-bond donors (Lipinski definition) is 1. The van der Waals surface area contributed by atoms with Crippen molar-refractivity contribution in [1.29, 1.82) is 0 Å². The quantitative estimate of drug-likeness (QED) is 0.788. The summed E-state index contributed by atoms with van der Waals surface area (Å²) in [5, 5.41) is 14.7. The first-order chi connectivity index (χ1) is 7.81. The number of para-hydroxylation sites is 1. The zero-order valence-corrected chi connectivity index (χ0v) is 9.04. The fraction of sp³-hybridized carbons (Fsp3) is 0.182. The zero-order valence-electron chi connectivity index (χ0n) is 9.04. The van der Waals surface area contributed by atoms with E-state index in [1.807, 2.05) is 37.3 Å². The third-order valence-electron chi connectivity index (χ3n) is 2.18. The van der Waals surface area contributed by atoms with E-state index in [0.717, 1.165) is 5.69 Å². The highest BCUT2D eigenvalue weighted by molar-refractivity contribution is 5.39. The maximum atomic E-state index is 3.93. The van der Waals surface area contributed by atoms with Gasteiger partial charge in [0.15, 0.2) is 0 Å². The summed E-state index contributed by atoms with van der Waals surface area (Å²) in [6.07, 6.45) is 1.80. The van der Waals surface area contributed by atoms with Crippen LogP contribution < -0.4 is 5.32 Å². The van der Waals surface area contributed by atoms with Crippen LogP contribution in [0, 0.1) is 0 Å². The van der Waals surface area contributed by atoms with E-state index < -0.39 is 0 Å². The number of tetrazole rings is 1. The second-order valence-corrected chi connectivity index (χ2v) is 3.42. The van der Waals surface area contributed by atoms with Crippen molar-refractivity contribution in [3.8, 4) is 5.69 Å². The Hall–Kier alpha value is -2.17. The van der Waals surface area contributed by atoms with Gasteiger partial charge in [-0.3, -0.25) is 0 Å².